The van der Waals surface area contributed by atoms with Crippen molar-refractivity contribution in [1.82, 2.24) is 15.3 Å². The number of hydrogen-bond donors (Lipinski definition) is 3. The Morgan fingerprint density at radius 1 is 1.23 bits per heavy atom. The molecule has 0 bridgehead atoms. The second-order valence-electron chi connectivity index (χ2n) is 6.00. The summed E-state index contributed by atoms with van der Waals surface area (Å²) in [4.78, 5) is 8.70. The van der Waals surface area contributed by atoms with Gasteiger partial charge in [-0.15, -0.1) is 0 Å². The number of rotatable bonds is 8. The minimum absolute atomic E-state index is 0.229. The third kappa shape index (κ3) is 7.28. The van der Waals surface area contributed by atoms with Crippen molar-refractivity contribution in [3.05, 3.63) is 41.8 Å². The van der Waals surface area contributed by atoms with E-state index in [1.807, 2.05) is 20.8 Å². The number of thiocarbonyl (C=S) groups is 1. The Labute approximate surface area is 158 Å². The monoisotopic (exact) mass is 377 g/mol. The Hall–Kier alpha value is -2.32. The van der Waals surface area contributed by atoms with Crippen LogP contribution in [0.3, 0.4) is 0 Å². The molecule has 0 radical (unpaired) electrons. The summed E-state index contributed by atoms with van der Waals surface area (Å²) in [5, 5.41) is 9.64. The van der Waals surface area contributed by atoms with Crippen molar-refractivity contribution < 1.29 is 9.13 Å². The summed E-state index contributed by atoms with van der Waals surface area (Å²) in [6.45, 7) is 7.26. The van der Waals surface area contributed by atoms with Gasteiger partial charge in [0.15, 0.2) is 5.11 Å². The molecular formula is C18H24FN5OS. The van der Waals surface area contributed by atoms with Crippen LogP contribution in [0.2, 0.25) is 0 Å². The van der Waals surface area contributed by atoms with Crippen LogP contribution >= 0.6 is 12.2 Å². The molecule has 0 unspecified atom stereocenters. The van der Waals surface area contributed by atoms with Crippen LogP contribution in [0.25, 0.3) is 0 Å². The van der Waals surface area contributed by atoms with Crippen molar-refractivity contribution >= 4 is 34.8 Å². The summed E-state index contributed by atoms with van der Waals surface area (Å²) < 4.78 is 18.5. The molecule has 0 saturated carbocycles. The zero-order chi connectivity index (χ0) is 18.9. The molecule has 0 aliphatic rings. The van der Waals surface area contributed by atoms with Gasteiger partial charge in [-0.3, -0.25) is 0 Å². The van der Waals surface area contributed by atoms with E-state index in [-0.39, 0.29) is 11.9 Å². The number of nitrogens with zero attached hydrogens (tertiary/aromatic N) is 2. The Morgan fingerprint density at radius 3 is 2.65 bits per heavy atom. The van der Waals surface area contributed by atoms with Crippen molar-refractivity contribution in [2.75, 3.05) is 23.8 Å². The summed E-state index contributed by atoms with van der Waals surface area (Å²) in [5.74, 6) is 0.706. The highest BCUT2D eigenvalue weighted by molar-refractivity contribution is 7.80. The molecule has 2 rings (SSSR count). The van der Waals surface area contributed by atoms with Gasteiger partial charge in [-0.25, -0.2) is 9.37 Å². The first-order chi connectivity index (χ1) is 12.4. The number of nitrogens with one attached hydrogen (secondary N) is 3. The van der Waals surface area contributed by atoms with Crippen LogP contribution in [0.4, 0.5) is 21.8 Å². The second kappa shape index (κ2) is 9.98. The maximum atomic E-state index is 13.0. The van der Waals surface area contributed by atoms with Gasteiger partial charge in [0, 0.05) is 30.6 Å². The molecule has 6 nitrogen and oxygen atoms in total. The van der Waals surface area contributed by atoms with Gasteiger partial charge in [0.2, 0.25) is 5.95 Å². The first kappa shape index (κ1) is 20.0. The lowest BCUT2D eigenvalue weighted by atomic mass is 10.3. The number of benzene rings is 1. The molecule has 1 aromatic heterocycles. The standard InChI is InChI=1S/C18H24FN5OS/c1-12(2)25-10-4-9-20-18(26)24-17-21-13(3)11-16(23-17)22-15-7-5-14(19)6-8-15/h5-8,11-12H,4,9-10H2,1-3H3,(H3,20,21,22,23,24,26). The van der Waals surface area contributed by atoms with E-state index in [1.54, 1.807) is 18.2 Å². The summed E-state index contributed by atoms with van der Waals surface area (Å²) in [7, 11) is 0. The Kier molecular flexibility index (Phi) is 7.68. The zero-order valence-corrected chi connectivity index (χ0v) is 16.0. The molecule has 0 aliphatic heterocycles. The van der Waals surface area contributed by atoms with Gasteiger partial charge in [0.25, 0.3) is 0 Å². The van der Waals surface area contributed by atoms with E-state index in [9.17, 15) is 4.39 Å². The van der Waals surface area contributed by atoms with Crippen LogP contribution in [-0.2, 0) is 4.74 Å². The molecule has 3 N–H and O–H groups in total. The van der Waals surface area contributed by atoms with Gasteiger partial charge >= 0.3 is 0 Å². The van der Waals surface area contributed by atoms with Gasteiger partial charge < -0.3 is 20.7 Å². The van der Waals surface area contributed by atoms with Crippen LogP contribution in [0.5, 0.6) is 0 Å². The van der Waals surface area contributed by atoms with Crippen molar-refractivity contribution in [1.29, 1.82) is 0 Å². The van der Waals surface area contributed by atoms with Crippen molar-refractivity contribution in [2.45, 2.75) is 33.3 Å². The summed E-state index contributed by atoms with van der Waals surface area (Å²) in [5.41, 5.74) is 1.52. The third-order valence-corrected chi connectivity index (χ3v) is 3.50. The smallest absolute Gasteiger partial charge is 0.231 e. The molecule has 1 aromatic carbocycles. The molecular weight excluding hydrogens is 353 g/mol. The van der Waals surface area contributed by atoms with E-state index in [4.69, 9.17) is 17.0 Å². The lowest BCUT2D eigenvalue weighted by Gasteiger charge is -2.12. The Balaban J connectivity index is 1.88. The van der Waals surface area contributed by atoms with Crippen LogP contribution in [0.1, 0.15) is 26.0 Å². The topological polar surface area (TPSA) is 71.1 Å². The van der Waals surface area contributed by atoms with Crippen LogP contribution in [0, 0.1) is 12.7 Å². The lowest BCUT2D eigenvalue weighted by Crippen LogP contribution is -2.30. The molecule has 0 spiro atoms. The van der Waals surface area contributed by atoms with Crippen LogP contribution in [-0.4, -0.2) is 34.3 Å². The molecule has 1 heterocycles. The predicted molar refractivity (Wildman–Crippen MR) is 106 cm³/mol. The number of aromatic nitrogens is 2. The second-order valence-corrected chi connectivity index (χ2v) is 6.41. The molecule has 26 heavy (non-hydrogen) atoms. The molecule has 0 amide bonds. The van der Waals surface area contributed by atoms with Gasteiger partial charge in [-0.2, -0.15) is 4.98 Å². The molecule has 140 valence electrons. The largest absolute Gasteiger partial charge is 0.379 e. The number of hydrogen-bond acceptors (Lipinski definition) is 5. The highest BCUT2D eigenvalue weighted by atomic mass is 32.1. The summed E-state index contributed by atoms with van der Waals surface area (Å²) in [6, 6.07) is 7.86. The van der Waals surface area contributed by atoms with Gasteiger partial charge in [0.05, 0.1) is 6.10 Å². The van der Waals surface area contributed by atoms with E-state index in [0.29, 0.717) is 30.0 Å². The lowest BCUT2D eigenvalue weighted by molar-refractivity contribution is 0.0777. The highest BCUT2D eigenvalue weighted by Crippen LogP contribution is 2.17. The van der Waals surface area contributed by atoms with Gasteiger partial charge in [0.1, 0.15) is 11.6 Å². The molecule has 0 saturated heterocycles. The van der Waals surface area contributed by atoms with E-state index >= 15 is 0 Å². The first-order valence-corrected chi connectivity index (χ1v) is 8.88. The SMILES string of the molecule is Cc1cc(Nc2ccc(F)cc2)nc(NC(=S)NCCCOC(C)C)n1. The number of aryl methyl sites for hydroxylation is 1. The number of ether oxygens (including phenoxy) is 1. The average molecular weight is 377 g/mol. The maximum Gasteiger partial charge on any atom is 0.231 e. The Bertz CT molecular complexity index is 724. The van der Waals surface area contributed by atoms with Crippen molar-refractivity contribution in [2.24, 2.45) is 0 Å². The van der Waals surface area contributed by atoms with E-state index < -0.39 is 0 Å². The molecule has 8 heteroatoms. The van der Waals surface area contributed by atoms with Crippen molar-refractivity contribution in [3.63, 3.8) is 0 Å². The van der Waals surface area contributed by atoms with Crippen molar-refractivity contribution in [3.8, 4) is 0 Å². The fourth-order valence-corrected chi connectivity index (χ4v) is 2.30. The first-order valence-electron chi connectivity index (χ1n) is 8.47. The quantitative estimate of drug-likeness (QED) is 0.478. The van der Waals surface area contributed by atoms with Crippen LogP contribution in [0.15, 0.2) is 30.3 Å². The van der Waals surface area contributed by atoms with Crippen LogP contribution < -0.4 is 16.0 Å². The maximum absolute atomic E-state index is 13.0. The Morgan fingerprint density at radius 2 is 1.96 bits per heavy atom. The fraction of sp³-hybridized carbons (Fsp3) is 0.389. The summed E-state index contributed by atoms with van der Waals surface area (Å²) >= 11 is 5.26. The molecule has 0 atom stereocenters. The number of halogens is 1. The molecule has 0 fully saturated rings. The van der Waals surface area contributed by atoms with E-state index in [2.05, 4.69) is 25.9 Å². The van der Waals surface area contributed by atoms with E-state index in [1.165, 1.54) is 12.1 Å². The van der Waals surface area contributed by atoms with Gasteiger partial charge in [-0.05, 0) is 63.7 Å². The predicted octanol–water partition coefficient (Wildman–Crippen LogP) is 3.77. The zero-order valence-electron chi connectivity index (χ0n) is 15.2. The highest BCUT2D eigenvalue weighted by Gasteiger charge is 2.05. The fourth-order valence-electron chi connectivity index (χ4n) is 2.11. The number of anilines is 3. The normalized spacial score (nSPS) is 10.7. The molecule has 0 aliphatic carbocycles. The summed E-state index contributed by atoms with van der Waals surface area (Å²) in [6.07, 6.45) is 1.08. The van der Waals surface area contributed by atoms with Gasteiger partial charge in [-0.1, -0.05) is 0 Å². The molecule has 2 aromatic rings. The average Bonchev–Trinajstić information content (AvgIpc) is 2.56. The van der Waals surface area contributed by atoms with E-state index in [0.717, 1.165) is 17.8 Å². The minimum Gasteiger partial charge on any atom is -0.379 e. The third-order valence-electron chi connectivity index (χ3n) is 3.25. The minimum atomic E-state index is -0.285.